The first kappa shape index (κ1) is 17.0. The number of carbonyl (C=O) groups is 1. The summed E-state index contributed by atoms with van der Waals surface area (Å²) in [6, 6.07) is 8.43. The van der Waals surface area contributed by atoms with Gasteiger partial charge in [0.05, 0.1) is 0 Å². The molecule has 5 heteroatoms. The summed E-state index contributed by atoms with van der Waals surface area (Å²) in [5.74, 6) is 1.22. The molecule has 116 valence electrons. The van der Waals surface area contributed by atoms with E-state index in [4.69, 9.17) is 5.73 Å². The predicted molar refractivity (Wildman–Crippen MR) is 95.7 cm³/mol. The van der Waals surface area contributed by atoms with Gasteiger partial charge in [-0.05, 0) is 84.4 Å². The lowest BCUT2D eigenvalue weighted by molar-refractivity contribution is 0.0756. The quantitative estimate of drug-likeness (QED) is 0.721. The smallest absolute Gasteiger partial charge is 0.251 e. The van der Waals surface area contributed by atoms with Crippen molar-refractivity contribution in [2.45, 2.75) is 44.2 Å². The maximum absolute atomic E-state index is 12.4. The van der Waals surface area contributed by atoms with Crippen molar-refractivity contribution in [2.75, 3.05) is 0 Å². The van der Waals surface area contributed by atoms with E-state index in [0.29, 0.717) is 23.9 Å². The number of carbonyl (C=O) groups excluding carboxylic acids is 1. The molecule has 0 aromatic heterocycles. The predicted octanol–water partition coefficient (Wildman–Crippen LogP) is 3.35. The van der Waals surface area contributed by atoms with Gasteiger partial charge in [0.25, 0.3) is 5.91 Å². The molecule has 2 fully saturated rings. The van der Waals surface area contributed by atoms with Gasteiger partial charge >= 0.3 is 0 Å². The summed E-state index contributed by atoms with van der Waals surface area (Å²) in [4.78, 5) is 12.4. The zero-order valence-electron chi connectivity index (χ0n) is 11.9. The molecule has 3 nitrogen and oxygen atoms in total. The molecule has 2 unspecified atom stereocenters. The lowest BCUT2D eigenvalue weighted by Gasteiger charge is -2.45. The second-order valence-corrected chi connectivity index (χ2v) is 7.43. The first-order chi connectivity index (χ1) is 9.63. The van der Waals surface area contributed by atoms with Crippen LogP contribution in [0.4, 0.5) is 0 Å². The van der Waals surface area contributed by atoms with Gasteiger partial charge in [-0.15, -0.1) is 12.4 Å². The highest BCUT2D eigenvalue weighted by Gasteiger charge is 2.39. The van der Waals surface area contributed by atoms with E-state index < -0.39 is 0 Å². The Morgan fingerprint density at radius 3 is 2.29 bits per heavy atom. The third-order valence-electron chi connectivity index (χ3n) is 4.78. The normalized spacial score (nSPS) is 31.1. The summed E-state index contributed by atoms with van der Waals surface area (Å²) >= 11 is 2.25. The van der Waals surface area contributed by atoms with Crippen LogP contribution in [0.3, 0.4) is 0 Å². The molecule has 1 aromatic rings. The highest BCUT2D eigenvalue weighted by atomic mass is 127. The summed E-state index contributed by atoms with van der Waals surface area (Å²) in [6.45, 7) is 0. The topological polar surface area (TPSA) is 55.1 Å². The monoisotopic (exact) mass is 420 g/mol. The molecule has 2 aliphatic carbocycles. The van der Waals surface area contributed by atoms with E-state index in [9.17, 15) is 4.79 Å². The van der Waals surface area contributed by atoms with Crippen LogP contribution < -0.4 is 11.1 Å². The van der Waals surface area contributed by atoms with E-state index in [1.807, 2.05) is 24.3 Å². The van der Waals surface area contributed by atoms with Crippen LogP contribution in [0.1, 0.15) is 42.5 Å². The van der Waals surface area contributed by atoms with Crippen LogP contribution in [0, 0.1) is 15.4 Å². The molecule has 2 bridgehead atoms. The lowest BCUT2D eigenvalue weighted by atomic mass is 9.67. The summed E-state index contributed by atoms with van der Waals surface area (Å²) in [6.07, 6.45) is 5.84. The van der Waals surface area contributed by atoms with Crippen molar-refractivity contribution in [1.29, 1.82) is 0 Å². The zero-order valence-corrected chi connectivity index (χ0v) is 14.9. The average molecular weight is 421 g/mol. The van der Waals surface area contributed by atoms with Crippen LogP contribution in [-0.4, -0.2) is 18.0 Å². The van der Waals surface area contributed by atoms with Crippen LogP contribution in [-0.2, 0) is 0 Å². The number of benzene rings is 1. The maximum atomic E-state index is 12.4. The highest BCUT2D eigenvalue weighted by Crippen LogP contribution is 2.39. The molecule has 2 atom stereocenters. The molecule has 2 aliphatic rings. The standard InChI is InChI=1S/C16H21IN2O.ClH/c17-13-6-4-10(5-7-13)16(20)19-15-11-2-1-3-12(15)9-14(18)8-11;/h4-7,11-12,14-15H,1-3,8-9,18H2,(H,19,20);1H. The molecule has 3 N–H and O–H groups in total. The van der Waals surface area contributed by atoms with E-state index in [1.54, 1.807) is 0 Å². The fraction of sp³-hybridized carbons (Fsp3) is 0.562. The molecule has 2 saturated carbocycles. The van der Waals surface area contributed by atoms with Gasteiger partial charge in [-0.3, -0.25) is 4.79 Å². The Bertz CT molecular complexity index is 480. The van der Waals surface area contributed by atoms with Crippen LogP contribution in [0.15, 0.2) is 24.3 Å². The Morgan fingerprint density at radius 2 is 1.71 bits per heavy atom. The van der Waals surface area contributed by atoms with Gasteiger partial charge in [0.1, 0.15) is 0 Å². The highest BCUT2D eigenvalue weighted by molar-refractivity contribution is 14.1. The van der Waals surface area contributed by atoms with Crippen molar-refractivity contribution in [3.63, 3.8) is 0 Å². The van der Waals surface area contributed by atoms with Crippen molar-refractivity contribution < 1.29 is 4.79 Å². The largest absolute Gasteiger partial charge is 0.349 e. The minimum absolute atomic E-state index is 0. The van der Waals surface area contributed by atoms with E-state index in [1.165, 1.54) is 19.3 Å². The summed E-state index contributed by atoms with van der Waals surface area (Å²) in [7, 11) is 0. The summed E-state index contributed by atoms with van der Waals surface area (Å²) < 4.78 is 1.15. The second-order valence-electron chi connectivity index (χ2n) is 6.19. The lowest BCUT2D eigenvalue weighted by Crippen LogP contribution is -2.53. The molecule has 21 heavy (non-hydrogen) atoms. The maximum Gasteiger partial charge on any atom is 0.251 e. The van der Waals surface area contributed by atoms with Crippen molar-refractivity contribution >= 4 is 40.9 Å². The van der Waals surface area contributed by atoms with E-state index >= 15 is 0 Å². The minimum atomic E-state index is 0. The second kappa shape index (κ2) is 7.29. The van der Waals surface area contributed by atoms with Gasteiger partial charge in [0.2, 0.25) is 0 Å². The number of rotatable bonds is 2. The van der Waals surface area contributed by atoms with Crippen molar-refractivity contribution in [3.8, 4) is 0 Å². The Kier molecular flexibility index (Phi) is 5.91. The van der Waals surface area contributed by atoms with E-state index in [-0.39, 0.29) is 18.3 Å². The molecular formula is C16H22ClIN2O. The van der Waals surface area contributed by atoms with E-state index in [0.717, 1.165) is 22.0 Å². The van der Waals surface area contributed by atoms with Gasteiger partial charge in [-0.1, -0.05) is 6.42 Å². The van der Waals surface area contributed by atoms with Crippen molar-refractivity contribution in [3.05, 3.63) is 33.4 Å². The van der Waals surface area contributed by atoms with Gasteiger partial charge in [0, 0.05) is 21.2 Å². The number of nitrogens with one attached hydrogen (secondary N) is 1. The zero-order chi connectivity index (χ0) is 14.1. The molecular weight excluding hydrogens is 399 g/mol. The first-order valence-electron chi connectivity index (χ1n) is 7.45. The molecule has 0 heterocycles. The molecule has 0 spiro atoms. The van der Waals surface area contributed by atoms with Gasteiger partial charge in [-0.25, -0.2) is 0 Å². The minimum Gasteiger partial charge on any atom is -0.349 e. The number of hydrogen-bond acceptors (Lipinski definition) is 2. The first-order valence-corrected chi connectivity index (χ1v) is 8.53. The van der Waals surface area contributed by atoms with Gasteiger partial charge in [-0.2, -0.15) is 0 Å². The number of hydrogen-bond donors (Lipinski definition) is 2. The number of amides is 1. The Balaban J connectivity index is 0.00000161. The van der Waals surface area contributed by atoms with Crippen LogP contribution in [0.5, 0.6) is 0 Å². The fourth-order valence-electron chi connectivity index (χ4n) is 3.86. The molecule has 1 amide bonds. The Hall–Kier alpha value is -0.330. The molecule has 0 radical (unpaired) electrons. The summed E-state index contributed by atoms with van der Waals surface area (Å²) in [5, 5.41) is 3.28. The van der Waals surface area contributed by atoms with E-state index in [2.05, 4.69) is 27.9 Å². The molecule has 0 aliphatic heterocycles. The third kappa shape index (κ3) is 3.90. The summed E-state index contributed by atoms with van der Waals surface area (Å²) in [5.41, 5.74) is 6.89. The van der Waals surface area contributed by atoms with Crippen LogP contribution >= 0.6 is 35.0 Å². The van der Waals surface area contributed by atoms with Crippen LogP contribution in [0.25, 0.3) is 0 Å². The third-order valence-corrected chi connectivity index (χ3v) is 5.50. The van der Waals surface area contributed by atoms with Gasteiger partial charge < -0.3 is 11.1 Å². The average Bonchev–Trinajstić information content (AvgIpc) is 2.40. The SMILES string of the molecule is Cl.NC1CC2CCCC(C1)C2NC(=O)c1ccc(I)cc1. The molecule has 0 saturated heterocycles. The van der Waals surface area contributed by atoms with Crippen molar-refractivity contribution in [1.82, 2.24) is 5.32 Å². The van der Waals surface area contributed by atoms with Gasteiger partial charge in [0.15, 0.2) is 0 Å². The number of halogens is 2. The fourth-order valence-corrected chi connectivity index (χ4v) is 4.22. The number of nitrogens with two attached hydrogens (primary N) is 1. The molecule has 1 aromatic carbocycles. The Morgan fingerprint density at radius 1 is 1.14 bits per heavy atom. The van der Waals surface area contributed by atoms with Crippen LogP contribution in [0.2, 0.25) is 0 Å². The number of fused-ring (bicyclic) bond motifs is 2. The molecule has 3 rings (SSSR count). The van der Waals surface area contributed by atoms with Crippen molar-refractivity contribution in [2.24, 2.45) is 17.6 Å². The Labute approximate surface area is 146 Å².